The summed E-state index contributed by atoms with van der Waals surface area (Å²) in [6.07, 6.45) is 35.3. The smallest absolute Gasteiger partial charge is 0.306 e. The predicted octanol–water partition coefficient (Wildman–Crippen LogP) is 11.2. The molecule has 0 fully saturated rings. The highest BCUT2D eigenvalue weighted by Crippen LogP contribution is 2.38. The number of likely N-dealkylation sites (N-methyl/N-ethyl adjacent to an activating group) is 1. The minimum Gasteiger partial charge on any atom is -0.756 e. The van der Waals surface area contributed by atoms with Gasteiger partial charge in [-0.15, -0.1) is 0 Å². The van der Waals surface area contributed by atoms with Crippen LogP contribution in [0.2, 0.25) is 0 Å². The van der Waals surface area contributed by atoms with Crippen molar-refractivity contribution in [3.05, 3.63) is 12.2 Å². The number of phosphoric acid groups is 1. The fraction of sp³-hybridized carbons (Fsp3) is 0.905. The van der Waals surface area contributed by atoms with Gasteiger partial charge in [-0.1, -0.05) is 161 Å². The van der Waals surface area contributed by atoms with Crippen LogP contribution in [0.1, 0.15) is 194 Å². The first-order valence-corrected chi connectivity index (χ1v) is 22.9. The van der Waals surface area contributed by atoms with Crippen LogP contribution in [0.3, 0.4) is 0 Å². The van der Waals surface area contributed by atoms with E-state index in [0.717, 1.165) is 57.8 Å². The molecular weight excluding hydrogens is 677 g/mol. The number of hydrogen-bond donors (Lipinski definition) is 0. The van der Waals surface area contributed by atoms with Crippen LogP contribution in [-0.4, -0.2) is 70.0 Å². The molecule has 0 aliphatic rings. The lowest BCUT2D eigenvalue weighted by Gasteiger charge is -2.28. The number of allylic oxidation sites excluding steroid dienone is 2. The molecule has 0 heterocycles. The molecule has 10 heteroatoms. The minimum atomic E-state index is -4.62. The maximum absolute atomic E-state index is 12.6. The molecule has 2 unspecified atom stereocenters. The molecule has 0 saturated heterocycles. The molecule has 0 bridgehead atoms. The van der Waals surface area contributed by atoms with E-state index in [9.17, 15) is 19.0 Å². The lowest BCUT2D eigenvalue weighted by molar-refractivity contribution is -0.870. The summed E-state index contributed by atoms with van der Waals surface area (Å²) in [7, 11) is 1.17. The van der Waals surface area contributed by atoms with Gasteiger partial charge in [-0.25, -0.2) is 0 Å². The average Bonchev–Trinajstić information content (AvgIpc) is 3.09. The molecule has 0 aromatic carbocycles. The van der Waals surface area contributed by atoms with Gasteiger partial charge in [0.2, 0.25) is 0 Å². The summed E-state index contributed by atoms with van der Waals surface area (Å²) in [5.74, 6) is -0.839. The number of unbranched alkanes of at least 4 members (excludes halogenated alkanes) is 23. The number of quaternary nitrogens is 1. The molecule has 0 aromatic heterocycles. The number of phosphoric ester groups is 1. The fourth-order valence-electron chi connectivity index (χ4n) is 5.89. The van der Waals surface area contributed by atoms with Crippen LogP contribution in [0.4, 0.5) is 0 Å². The van der Waals surface area contributed by atoms with Crippen LogP contribution in [0.5, 0.6) is 0 Å². The second-order valence-electron chi connectivity index (χ2n) is 15.7. The van der Waals surface area contributed by atoms with Crippen molar-refractivity contribution in [2.24, 2.45) is 0 Å². The van der Waals surface area contributed by atoms with E-state index in [1.807, 2.05) is 21.1 Å². The van der Waals surface area contributed by atoms with Gasteiger partial charge in [0.25, 0.3) is 7.82 Å². The molecule has 0 aromatic rings. The van der Waals surface area contributed by atoms with Crippen LogP contribution in [0, 0.1) is 0 Å². The van der Waals surface area contributed by atoms with Crippen LogP contribution in [-0.2, 0) is 32.7 Å². The summed E-state index contributed by atoms with van der Waals surface area (Å²) in [6, 6.07) is 0. The van der Waals surface area contributed by atoms with Crippen LogP contribution in [0.25, 0.3) is 0 Å². The molecule has 0 aliphatic heterocycles. The number of esters is 2. The SMILES string of the molecule is CCC/C=C\CCCCCCCC(=O)OC(COC(=O)CCCCCCCCCCCCCCCCCCCC)COP(=O)([O-])OCC[N+](C)(C)C. The molecule has 0 N–H and O–H groups in total. The Morgan fingerprint density at radius 1 is 0.577 bits per heavy atom. The zero-order chi connectivity index (χ0) is 38.6. The molecule has 0 amide bonds. The van der Waals surface area contributed by atoms with Crippen molar-refractivity contribution in [3.63, 3.8) is 0 Å². The Labute approximate surface area is 320 Å². The van der Waals surface area contributed by atoms with Gasteiger partial charge >= 0.3 is 11.9 Å². The second kappa shape index (κ2) is 35.5. The third-order valence-corrected chi connectivity index (χ3v) is 10.2. The third kappa shape index (κ3) is 38.5. The quantitative estimate of drug-likeness (QED) is 0.0200. The molecule has 0 aliphatic carbocycles. The van der Waals surface area contributed by atoms with Gasteiger partial charge in [0.1, 0.15) is 19.8 Å². The van der Waals surface area contributed by atoms with Crippen molar-refractivity contribution in [2.45, 2.75) is 200 Å². The zero-order valence-corrected chi connectivity index (χ0v) is 35.4. The van der Waals surface area contributed by atoms with Gasteiger partial charge in [-0.05, 0) is 32.1 Å². The molecule has 2 atom stereocenters. The summed E-state index contributed by atoms with van der Waals surface area (Å²) in [5.41, 5.74) is 0. The normalized spacial score (nSPS) is 13.7. The zero-order valence-electron chi connectivity index (χ0n) is 34.5. The Kier molecular flexibility index (Phi) is 34.6. The Hall–Kier alpha value is -1.25. The third-order valence-electron chi connectivity index (χ3n) is 9.27. The number of ether oxygens (including phenoxy) is 2. The molecule has 52 heavy (non-hydrogen) atoms. The van der Waals surface area contributed by atoms with Crippen molar-refractivity contribution < 1.29 is 42.1 Å². The number of carbonyl (C=O) groups is 2. The van der Waals surface area contributed by atoms with Gasteiger partial charge < -0.3 is 27.9 Å². The number of hydrogen-bond acceptors (Lipinski definition) is 8. The van der Waals surface area contributed by atoms with Crippen molar-refractivity contribution in [3.8, 4) is 0 Å². The predicted molar refractivity (Wildman–Crippen MR) is 213 cm³/mol. The van der Waals surface area contributed by atoms with Gasteiger partial charge in [-0.3, -0.25) is 14.2 Å². The summed E-state index contributed by atoms with van der Waals surface area (Å²) in [5, 5.41) is 0. The van der Waals surface area contributed by atoms with Crippen molar-refractivity contribution in [2.75, 3.05) is 47.5 Å². The summed E-state index contributed by atoms with van der Waals surface area (Å²) < 4.78 is 33.8. The average molecular weight is 760 g/mol. The topological polar surface area (TPSA) is 111 Å². The van der Waals surface area contributed by atoms with E-state index in [4.69, 9.17) is 18.5 Å². The summed E-state index contributed by atoms with van der Waals surface area (Å²) in [6.45, 7) is 4.17. The lowest BCUT2D eigenvalue weighted by Crippen LogP contribution is -2.37. The maximum atomic E-state index is 12.6. The Morgan fingerprint density at radius 2 is 1.02 bits per heavy atom. The molecule has 0 rings (SSSR count). The van der Waals surface area contributed by atoms with E-state index in [1.54, 1.807) is 0 Å². The first kappa shape index (κ1) is 50.8. The van der Waals surface area contributed by atoms with E-state index in [-0.39, 0.29) is 32.0 Å². The van der Waals surface area contributed by atoms with E-state index in [2.05, 4.69) is 26.0 Å². The molecule has 0 radical (unpaired) electrons. The summed E-state index contributed by atoms with van der Waals surface area (Å²) in [4.78, 5) is 37.4. The lowest BCUT2D eigenvalue weighted by atomic mass is 10.0. The van der Waals surface area contributed by atoms with E-state index in [0.29, 0.717) is 17.4 Å². The van der Waals surface area contributed by atoms with Crippen molar-refractivity contribution in [1.29, 1.82) is 0 Å². The van der Waals surface area contributed by atoms with E-state index in [1.165, 1.54) is 103 Å². The van der Waals surface area contributed by atoms with E-state index >= 15 is 0 Å². The number of rotatable bonds is 39. The fourth-order valence-corrected chi connectivity index (χ4v) is 6.62. The van der Waals surface area contributed by atoms with Crippen LogP contribution < -0.4 is 4.89 Å². The molecule has 9 nitrogen and oxygen atoms in total. The Morgan fingerprint density at radius 3 is 1.50 bits per heavy atom. The number of nitrogens with zero attached hydrogens (tertiary/aromatic N) is 1. The van der Waals surface area contributed by atoms with Gasteiger partial charge in [0.15, 0.2) is 6.10 Å². The van der Waals surface area contributed by atoms with E-state index < -0.39 is 26.5 Å². The van der Waals surface area contributed by atoms with Crippen LogP contribution >= 0.6 is 7.82 Å². The van der Waals surface area contributed by atoms with Gasteiger partial charge in [0.05, 0.1) is 27.7 Å². The van der Waals surface area contributed by atoms with Crippen LogP contribution in [0.15, 0.2) is 12.2 Å². The van der Waals surface area contributed by atoms with Crippen molar-refractivity contribution in [1.82, 2.24) is 0 Å². The number of carbonyl (C=O) groups excluding carboxylic acids is 2. The minimum absolute atomic E-state index is 0.0296. The largest absolute Gasteiger partial charge is 0.756 e. The highest BCUT2D eigenvalue weighted by molar-refractivity contribution is 7.45. The second-order valence-corrected chi connectivity index (χ2v) is 17.1. The summed E-state index contributed by atoms with van der Waals surface area (Å²) >= 11 is 0. The highest BCUT2D eigenvalue weighted by Gasteiger charge is 2.21. The molecular formula is C42H82NO8P. The van der Waals surface area contributed by atoms with Gasteiger partial charge in [0, 0.05) is 12.8 Å². The first-order valence-electron chi connectivity index (χ1n) is 21.4. The standard InChI is InChI=1S/C42H82NO8P/c1-6-8-10-12-14-16-18-19-20-21-22-23-24-25-27-28-30-32-34-41(44)48-38-40(39-50-52(46,47)49-37-36-43(3,4)5)51-42(45)35-33-31-29-26-17-15-13-11-9-7-2/h11,13,40H,6-10,12,14-39H2,1-5H3/b13-11-. The molecule has 308 valence electrons. The molecule has 0 spiro atoms. The molecule has 0 saturated carbocycles. The Balaban J connectivity index is 4.26. The van der Waals surface area contributed by atoms with Crippen molar-refractivity contribution >= 4 is 19.8 Å². The first-order chi connectivity index (χ1) is 25.0. The maximum Gasteiger partial charge on any atom is 0.306 e. The Bertz CT molecular complexity index is 907. The highest BCUT2D eigenvalue weighted by atomic mass is 31.2. The van der Waals surface area contributed by atoms with Gasteiger partial charge in [-0.2, -0.15) is 0 Å². The monoisotopic (exact) mass is 760 g/mol.